The number of nitrogens with zero attached hydrogens (tertiary/aromatic N) is 2. The van der Waals surface area contributed by atoms with E-state index >= 15 is 0 Å². The first-order chi connectivity index (χ1) is 13.8. The van der Waals surface area contributed by atoms with Crippen LogP contribution in [0.15, 0.2) is 47.0 Å². The maximum Gasteiger partial charge on any atom is 0.296 e. The summed E-state index contributed by atoms with van der Waals surface area (Å²) in [5.41, 5.74) is 1.34. The van der Waals surface area contributed by atoms with E-state index in [2.05, 4.69) is 4.98 Å². The van der Waals surface area contributed by atoms with Crippen molar-refractivity contribution in [3.05, 3.63) is 78.1 Å². The molecule has 1 unspecified atom stereocenters. The van der Waals surface area contributed by atoms with Crippen molar-refractivity contribution >= 4 is 62.7 Å². The van der Waals surface area contributed by atoms with Gasteiger partial charge in [-0.15, -0.1) is 22.7 Å². The van der Waals surface area contributed by atoms with Crippen LogP contribution in [0, 0.1) is 13.8 Å². The van der Waals surface area contributed by atoms with Gasteiger partial charge in [-0.3, -0.25) is 14.5 Å². The van der Waals surface area contributed by atoms with Gasteiger partial charge in [-0.25, -0.2) is 4.98 Å². The van der Waals surface area contributed by atoms with Crippen LogP contribution in [-0.2, 0) is 4.79 Å². The van der Waals surface area contributed by atoms with Crippen molar-refractivity contribution < 1.29 is 14.7 Å². The highest BCUT2D eigenvalue weighted by Gasteiger charge is 2.46. The molecule has 4 rings (SSSR count). The number of aliphatic hydroxyl groups is 1. The average molecular weight is 465 g/mol. The van der Waals surface area contributed by atoms with Crippen molar-refractivity contribution in [2.75, 3.05) is 4.90 Å². The van der Waals surface area contributed by atoms with E-state index in [9.17, 15) is 14.7 Å². The molecule has 3 aromatic rings. The van der Waals surface area contributed by atoms with Crippen molar-refractivity contribution in [2.45, 2.75) is 19.9 Å². The fraction of sp³-hybridized carbons (Fsp3) is 0.150. The Balaban J connectivity index is 1.91. The number of ketones is 1. The van der Waals surface area contributed by atoms with Crippen LogP contribution in [0.3, 0.4) is 0 Å². The maximum absolute atomic E-state index is 13.2. The number of hydrogen-bond acceptors (Lipinski definition) is 6. The van der Waals surface area contributed by atoms with Gasteiger partial charge >= 0.3 is 0 Å². The third-order valence-electron chi connectivity index (χ3n) is 4.68. The highest BCUT2D eigenvalue weighted by Crippen LogP contribution is 2.44. The summed E-state index contributed by atoms with van der Waals surface area (Å²) in [6, 6.07) is 7.42. The minimum atomic E-state index is -0.864. The highest BCUT2D eigenvalue weighted by atomic mass is 35.5. The van der Waals surface area contributed by atoms with Gasteiger partial charge < -0.3 is 5.11 Å². The second-order valence-corrected chi connectivity index (χ2v) is 9.40. The molecule has 2 aromatic heterocycles. The van der Waals surface area contributed by atoms with Gasteiger partial charge in [-0.05, 0) is 43.0 Å². The largest absolute Gasteiger partial charge is 0.503 e. The Kier molecular flexibility index (Phi) is 5.25. The molecular formula is C20H14Cl2N2O3S2. The predicted molar refractivity (Wildman–Crippen MR) is 117 cm³/mol. The molecule has 1 aliphatic heterocycles. The third-order valence-corrected chi connectivity index (χ3v) is 7.36. The summed E-state index contributed by atoms with van der Waals surface area (Å²) in [6.07, 6.45) is 0. The molecule has 0 bridgehead atoms. The topological polar surface area (TPSA) is 70.5 Å². The second kappa shape index (κ2) is 7.57. The number of benzene rings is 1. The Morgan fingerprint density at radius 1 is 1.21 bits per heavy atom. The number of thiazole rings is 1. The van der Waals surface area contributed by atoms with E-state index in [4.69, 9.17) is 23.2 Å². The number of halogens is 2. The Labute approximate surface area is 184 Å². The van der Waals surface area contributed by atoms with Gasteiger partial charge in [-0.2, -0.15) is 0 Å². The number of carbonyl (C=O) groups excluding carboxylic acids is 2. The van der Waals surface area contributed by atoms with Gasteiger partial charge in [0.1, 0.15) is 0 Å². The van der Waals surface area contributed by atoms with Crippen LogP contribution in [0.1, 0.15) is 31.8 Å². The molecule has 3 heterocycles. The smallest absolute Gasteiger partial charge is 0.296 e. The lowest BCUT2D eigenvalue weighted by Crippen LogP contribution is -2.31. The summed E-state index contributed by atoms with van der Waals surface area (Å²) in [4.78, 5) is 33.4. The van der Waals surface area contributed by atoms with Crippen molar-refractivity contribution in [3.63, 3.8) is 0 Å². The molecule has 0 fully saturated rings. The molecule has 148 valence electrons. The molecule has 29 heavy (non-hydrogen) atoms. The van der Waals surface area contributed by atoms with Crippen LogP contribution < -0.4 is 4.90 Å². The number of Topliss-reactive ketones (excluding diaryl/α,β-unsaturated/α-hetero) is 1. The number of aromatic nitrogens is 1. The van der Waals surface area contributed by atoms with Crippen LogP contribution in [0.25, 0.3) is 0 Å². The van der Waals surface area contributed by atoms with Crippen LogP contribution in [0.5, 0.6) is 0 Å². The lowest BCUT2D eigenvalue weighted by atomic mass is 9.95. The number of rotatable bonds is 4. The number of anilines is 1. The summed E-state index contributed by atoms with van der Waals surface area (Å²) < 4.78 is 0. The minimum absolute atomic E-state index is 0.00125. The molecule has 1 N–H and O–H groups in total. The first kappa shape index (κ1) is 20.1. The number of hydrogen-bond donors (Lipinski definition) is 1. The Morgan fingerprint density at radius 2 is 1.97 bits per heavy atom. The van der Waals surface area contributed by atoms with E-state index in [0.717, 1.165) is 10.6 Å². The fourth-order valence-corrected chi connectivity index (χ4v) is 5.05. The Hall–Kier alpha value is -2.19. The third kappa shape index (κ3) is 3.38. The van der Waals surface area contributed by atoms with Gasteiger partial charge in [0, 0.05) is 4.88 Å². The molecule has 9 heteroatoms. The molecule has 1 amide bonds. The second-order valence-electron chi connectivity index (χ2n) is 6.46. The molecular weight excluding hydrogens is 451 g/mol. The maximum atomic E-state index is 13.2. The molecule has 1 atom stereocenters. The minimum Gasteiger partial charge on any atom is -0.503 e. The lowest BCUT2D eigenvalue weighted by molar-refractivity contribution is -0.117. The zero-order valence-electron chi connectivity index (χ0n) is 15.3. The average Bonchev–Trinajstić information content (AvgIpc) is 3.38. The first-order valence-corrected chi connectivity index (χ1v) is 11.0. The van der Waals surface area contributed by atoms with Crippen molar-refractivity contribution in [1.82, 2.24) is 4.98 Å². The summed E-state index contributed by atoms with van der Waals surface area (Å²) in [6.45, 7) is 3.74. The SMILES string of the molecule is Cc1nc(N2C(=O)C(O)=C(C(=O)c3cccs3)C2c2ccc(Cl)c(Cl)c2)sc1C. The van der Waals surface area contributed by atoms with E-state index in [1.165, 1.54) is 27.6 Å². The summed E-state index contributed by atoms with van der Waals surface area (Å²) in [5.74, 6) is -1.66. The normalized spacial score (nSPS) is 16.8. The first-order valence-electron chi connectivity index (χ1n) is 8.53. The van der Waals surface area contributed by atoms with Crippen molar-refractivity contribution in [2.24, 2.45) is 0 Å². The number of thiophene rings is 1. The Morgan fingerprint density at radius 3 is 2.55 bits per heavy atom. The molecule has 0 saturated heterocycles. The predicted octanol–water partition coefficient (Wildman–Crippen LogP) is 5.91. The molecule has 5 nitrogen and oxygen atoms in total. The molecule has 0 radical (unpaired) electrons. The molecule has 1 aromatic carbocycles. The van der Waals surface area contributed by atoms with E-state index in [-0.39, 0.29) is 10.6 Å². The molecule has 1 aliphatic rings. The summed E-state index contributed by atoms with van der Waals surface area (Å²) in [5, 5.41) is 13.5. The van der Waals surface area contributed by atoms with Crippen LogP contribution in [-0.4, -0.2) is 21.8 Å². The van der Waals surface area contributed by atoms with E-state index in [1.54, 1.807) is 35.7 Å². The molecule has 0 saturated carbocycles. The van der Waals surface area contributed by atoms with Gasteiger partial charge in [0.15, 0.2) is 10.9 Å². The number of amides is 1. The summed E-state index contributed by atoms with van der Waals surface area (Å²) >= 11 is 14.8. The van der Waals surface area contributed by atoms with Crippen LogP contribution in [0.4, 0.5) is 5.13 Å². The van der Waals surface area contributed by atoms with Gasteiger partial charge in [0.2, 0.25) is 5.78 Å². The van der Waals surface area contributed by atoms with E-state index < -0.39 is 23.5 Å². The van der Waals surface area contributed by atoms with Crippen molar-refractivity contribution in [1.29, 1.82) is 0 Å². The standard InChI is InChI=1S/C20H14Cl2N2O3S2/c1-9-10(2)29-20(23-9)24-16(11-5-6-12(21)13(22)8-11)15(18(26)19(24)27)17(25)14-4-3-7-28-14/h3-8,16,26H,1-2H3. The van der Waals surface area contributed by atoms with Crippen molar-refractivity contribution in [3.8, 4) is 0 Å². The number of aliphatic hydroxyl groups excluding tert-OH is 1. The quantitative estimate of drug-likeness (QED) is 0.487. The number of carbonyl (C=O) groups is 2. The monoisotopic (exact) mass is 464 g/mol. The molecule has 0 aliphatic carbocycles. The van der Waals surface area contributed by atoms with E-state index in [1.807, 2.05) is 13.8 Å². The fourth-order valence-electron chi connectivity index (χ4n) is 3.13. The van der Waals surface area contributed by atoms with E-state index in [0.29, 0.717) is 20.6 Å². The van der Waals surface area contributed by atoms with Gasteiger partial charge in [0.05, 0.1) is 32.2 Å². The van der Waals surface area contributed by atoms with Crippen LogP contribution >= 0.6 is 45.9 Å². The van der Waals surface area contributed by atoms with Gasteiger partial charge in [-0.1, -0.05) is 35.3 Å². The number of aryl methyl sites for hydroxylation is 2. The summed E-state index contributed by atoms with van der Waals surface area (Å²) in [7, 11) is 0. The highest BCUT2D eigenvalue weighted by molar-refractivity contribution is 7.16. The lowest BCUT2D eigenvalue weighted by Gasteiger charge is -2.24. The zero-order chi connectivity index (χ0) is 20.9. The van der Waals surface area contributed by atoms with Crippen LogP contribution in [0.2, 0.25) is 10.0 Å². The Bertz CT molecular complexity index is 1150. The molecule has 0 spiro atoms. The van der Waals surface area contributed by atoms with Gasteiger partial charge in [0.25, 0.3) is 5.91 Å². The zero-order valence-corrected chi connectivity index (χ0v) is 18.4.